The predicted molar refractivity (Wildman–Crippen MR) is 84.2 cm³/mol. The number of rotatable bonds is 10. The predicted octanol–water partition coefficient (Wildman–Crippen LogP) is 2.61. The molecule has 1 fully saturated rings. The van der Waals surface area contributed by atoms with E-state index < -0.39 is 5.54 Å². The fourth-order valence-corrected chi connectivity index (χ4v) is 3.47. The van der Waals surface area contributed by atoms with Crippen molar-refractivity contribution in [1.82, 2.24) is 5.32 Å². The summed E-state index contributed by atoms with van der Waals surface area (Å²) in [5, 5.41) is 3.34. The Morgan fingerprint density at radius 2 is 2.30 bits per heavy atom. The molecule has 0 spiro atoms. The minimum absolute atomic E-state index is 0.133. The van der Waals surface area contributed by atoms with E-state index in [1.54, 1.807) is 0 Å². The van der Waals surface area contributed by atoms with Gasteiger partial charge < -0.3 is 14.8 Å². The molecule has 0 bridgehead atoms. The fraction of sp³-hybridized carbons (Fsp3) is 0.933. The third-order valence-electron chi connectivity index (χ3n) is 3.57. The molecule has 4 nitrogen and oxygen atoms in total. The number of nitrogens with one attached hydrogen (secondary N) is 1. The largest absolute Gasteiger partial charge is 0.465 e. The lowest BCUT2D eigenvalue weighted by atomic mass is 9.99. The molecule has 5 heteroatoms. The number of thioether (sulfide) groups is 1. The number of esters is 1. The van der Waals surface area contributed by atoms with Crippen molar-refractivity contribution in [2.75, 3.05) is 31.3 Å². The zero-order valence-electron chi connectivity index (χ0n) is 13.1. The first kappa shape index (κ1) is 17.8. The lowest BCUT2D eigenvalue weighted by Gasteiger charge is -2.28. The minimum Gasteiger partial charge on any atom is -0.465 e. The van der Waals surface area contributed by atoms with Gasteiger partial charge in [-0.3, -0.25) is 4.79 Å². The van der Waals surface area contributed by atoms with Crippen molar-refractivity contribution in [2.24, 2.45) is 0 Å². The Hall–Kier alpha value is -0.260. The highest BCUT2D eigenvalue weighted by Gasteiger charge is 2.33. The summed E-state index contributed by atoms with van der Waals surface area (Å²) in [6.07, 6.45) is 4.58. The molecule has 1 N–H and O–H groups in total. The van der Waals surface area contributed by atoms with Gasteiger partial charge in [-0.25, -0.2) is 0 Å². The summed E-state index contributed by atoms with van der Waals surface area (Å²) in [4.78, 5) is 12.1. The van der Waals surface area contributed by atoms with Crippen LogP contribution in [0.5, 0.6) is 0 Å². The topological polar surface area (TPSA) is 47.6 Å². The number of carbonyl (C=O) groups is 1. The Bertz CT molecular complexity index is 282. The van der Waals surface area contributed by atoms with Crippen LogP contribution in [0.3, 0.4) is 0 Å². The van der Waals surface area contributed by atoms with E-state index in [2.05, 4.69) is 12.2 Å². The van der Waals surface area contributed by atoms with Gasteiger partial charge in [0.15, 0.2) is 0 Å². The molecule has 0 aromatic heterocycles. The average Bonchev–Trinajstić information content (AvgIpc) is 2.95. The monoisotopic (exact) mass is 303 g/mol. The van der Waals surface area contributed by atoms with Crippen LogP contribution in [0.1, 0.15) is 46.5 Å². The van der Waals surface area contributed by atoms with Gasteiger partial charge in [0.2, 0.25) is 0 Å². The average molecular weight is 303 g/mol. The van der Waals surface area contributed by atoms with E-state index in [1.807, 2.05) is 25.6 Å². The Labute approximate surface area is 127 Å². The third-order valence-corrected chi connectivity index (χ3v) is 4.67. The third kappa shape index (κ3) is 6.02. The Kier molecular flexibility index (Phi) is 8.57. The van der Waals surface area contributed by atoms with E-state index >= 15 is 0 Å². The van der Waals surface area contributed by atoms with Crippen LogP contribution in [-0.4, -0.2) is 48.9 Å². The molecule has 1 saturated heterocycles. The molecule has 1 heterocycles. The summed E-state index contributed by atoms with van der Waals surface area (Å²) in [5.74, 6) is 1.85. The van der Waals surface area contributed by atoms with Crippen molar-refractivity contribution >= 4 is 17.7 Å². The van der Waals surface area contributed by atoms with Gasteiger partial charge >= 0.3 is 5.97 Å². The van der Waals surface area contributed by atoms with Gasteiger partial charge in [-0.1, -0.05) is 6.92 Å². The molecule has 2 unspecified atom stereocenters. The molecule has 0 aromatic carbocycles. The molecule has 0 radical (unpaired) electrons. The van der Waals surface area contributed by atoms with Crippen LogP contribution < -0.4 is 5.32 Å². The van der Waals surface area contributed by atoms with E-state index in [-0.39, 0.29) is 5.97 Å². The first-order chi connectivity index (χ1) is 9.62. The summed E-state index contributed by atoms with van der Waals surface area (Å²) in [6, 6.07) is 0. The zero-order chi connectivity index (χ0) is 14.8. The Balaban J connectivity index is 2.32. The summed E-state index contributed by atoms with van der Waals surface area (Å²) < 4.78 is 10.8. The molecule has 20 heavy (non-hydrogen) atoms. The maximum atomic E-state index is 12.1. The smallest absolute Gasteiger partial charge is 0.326 e. The maximum Gasteiger partial charge on any atom is 0.326 e. The quantitative estimate of drug-likeness (QED) is 0.496. The van der Waals surface area contributed by atoms with Crippen LogP contribution in [-0.2, 0) is 14.3 Å². The molecule has 1 aliphatic rings. The van der Waals surface area contributed by atoms with Crippen molar-refractivity contribution in [2.45, 2.75) is 58.1 Å². The molecule has 2 atom stereocenters. The second kappa shape index (κ2) is 9.64. The first-order valence-corrected chi connectivity index (χ1v) is 8.89. The second-order valence-corrected chi connectivity index (χ2v) is 6.59. The SMILES string of the molecule is CCCNC(C)(CCSCC1CCCO1)C(=O)OCC. The lowest BCUT2D eigenvalue weighted by Crippen LogP contribution is -2.51. The summed E-state index contributed by atoms with van der Waals surface area (Å²) in [5.41, 5.74) is -0.560. The molecule has 0 aliphatic carbocycles. The summed E-state index contributed by atoms with van der Waals surface area (Å²) in [6.45, 7) is 8.09. The number of hydrogen-bond donors (Lipinski definition) is 1. The zero-order valence-corrected chi connectivity index (χ0v) is 13.9. The van der Waals surface area contributed by atoms with Gasteiger partial charge in [0, 0.05) is 12.4 Å². The molecule has 0 saturated carbocycles. The molecule has 1 aliphatic heterocycles. The van der Waals surface area contributed by atoms with Crippen molar-refractivity contribution in [3.63, 3.8) is 0 Å². The van der Waals surface area contributed by atoms with Crippen LogP contribution in [0.15, 0.2) is 0 Å². The van der Waals surface area contributed by atoms with Crippen LogP contribution >= 0.6 is 11.8 Å². The van der Waals surface area contributed by atoms with Crippen LogP contribution in [0.4, 0.5) is 0 Å². The highest BCUT2D eigenvalue weighted by molar-refractivity contribution is 7.99. The van der Waals surface area contributed by atoms with Gasteiger partial charge in [0.1, 0.15) is 5.54 Å². The summed E-state index contributed by atoms with van der Waals surface area (Å²) in [7, 11) is 0. The van der Waals surface area contributed by atoms with Gasteiger partial charge in [0.25, 0.3) is 0 Å². The van der Waals surface area contributed by atoms with E-state index in [4.69, 9.17) is 9.47 Å². The van der Waals surface area contributed by atoms with E-state index in [0.29, 0.717) is 12.7 Å². The van der Waals surface area contributed by atoms with E-state index in [0.717, 1.165) is 37.5 Å². The van der Waals surface area contributed by atoms with Crippen molar-refractivity contribution < 1.29 is 14.3 Å². The number of ether oxygens (including phenoxy) is 2. The standard InChI is InChI=1S/C15H29NO3S/c1-4-9-16-15(3,14(17)18-5-2)8-11-20-12-13-7-6-10-19-13/h13,16H,4-12H2,1-3H3. The van der Waals surface area contributed by atoms with E-state index in [1.165, 1.54) is 12.8 Å². The highest BCUT2D eigenvalue weighted by Crippen LogP contribution is 2.21. The van der Waals surface area contributed by atoms with Gasteiger partial charge in [-0.2, -0.15) is 11.8 Å². The van der Waals surface area contributed by atoms with E-state index in [9.17, 15) is 4.79 Å². The second-order valence-electron chi connectivity index (χ2n) is 5.44. The molecule has 0 amide bonds. The van der Waals surface area contributed by atoms with Crippen molar-refractivity contribution in [3.05, 3.63) is 0 Å². The van der Waals surface area contributed by atoms with Crippen LogP contribution in [0.2, 0.25) is 0 Å². The van der Waals surface area contributed by atoms with Gasteiger partial charge in [-0.15, -0.1) is 0 Å². The van der Waals surface area contributed by atoms with Crippen molar-refractivity contribution in [3.8, 4) is 0 Å². The number of hydrogen-bond acceptors (Lipinski definition) is 5. The normalized spacial score (nSPS) is 21.6. The minimum atomic E-state index is -0.560. The van der Waals surface area contributed by atoms with Crippen LogP contribution in [0, 0.1) is 0 Å². The van der Waals surface area contributed by atoms with Crippen molar-refractivity contribution in [1.29, 1.82) is 0 Å². The first-order valence-electron chi connectivity index (χ1n) is 7.74. The fourth-order valence-electron chi connectivity index (χ4n) is 2.22. The molecular weight excluding hydrogens is 274 g/mol. The van der Waals surface area contributed by atoms with Crippen LogP contribution in [0.25, 0.3) is 0 Å². The lowest BCUT2D eigenvalue weighted by molar-refractivity contribution is -0.150. The molecule has 1 rings (SSSR count). The Morgan fingerprint density at radius 3 is 2.90 bits per heavy atom. The maximum absolute atomic E-state index is 12.1. The highest BCUT2D eigenvalue weighted by atomic mass is 32.2. The van der Waals surface area contributed by atoms with Gasteiger partial charge in [0.05, 0.1) is 12.7 Å². The summed E-state index contributed by atoms with van der Waals surface area (Å²) >= 11 is 1.87. The molecular formula is C15H29NO3S. The molecule has 0 aromatic rings. The Morgan fingerprint density at radius 1 is 1.50 bits per heavy atom. The number of carbonyl (C=O) groups excluding carboxylic acids is 1. The molecule has 118 valence electrons. The van der Waals surface area contributed by atoms with Gasteiger partial charge in [-0.05, 0) is 51.8 Å².